The number of halogens is 1. The Hall–Kier alpha value is -3.28. The van der Waals surface area contributed by atoms with Crippen LogP contribution in [-0.4, -0.2) is 16.7 Å². The van der Waals surface area contributed by atoms with Crippen LogP contribution in [0.3, 0.4) is 0 Å². The summed E-state index contributed by atoms with van der Waals surface area (Å²) in [5, 5.41) is 4.95. The summed E-state index contributed by atoms with van der Waals surface area (Å²) >= 11 is 7.67. The molecule has 3 aromatic carbocycles. The molecule has 0 aliphatic rings. The average molecular weight is 502 g/mol. The molecule has 0 bridgehead atoms. The van der Waals surface area contributed by atoms with Gasteiger partial charge in [-0.3, -0.25) is 4.79 Å². The van der Waals surface area contributed by atoms with Crippen molar-refractivity contribution >= 4 is 35.5 Å². The minimum Gasteiger partial charge on any atom is -0.318 e. The van der Waals surface area contributed by atoms with Gasteiger partial charge in [-0.05, 0) is 87.4 Å². The lowest BCUT2D eigenvalue weighted by molar-refractivity contribution is 0.0955. The fourth-order valence-corrected chi connectivity index (χ4v) is 5.00. The van der Waals surface area contributed by atoms with Gasteiger partial charge >= 0.3 is 0 Å². The van der Waals surface area contributed by atoms with Crippen molar-refractivity contribution < 1.29 is 4.79 Å². The van der Waals surface area contributed by atoms with Crippen molar-refractivity contribution in [3.05, 3.63) is 117 Å². The number of aryl methyl sites for hydroxylation is 3. The number of hydrogen-bond acceptors (Lipinski definition) is 3. The van der Waals surface area contributed by atoms with Crippen LogP contribution in [0.4, 0.5) is 0 Å². The number of carbonyl (C=O) groups is 1. The van der Waals surface area contributed by atoms with Crippen molar-refractivity contribution in [2.75, 3.05) is 0 Å². The minimum absolute atomic E-state index is 0.235. The average Bonchev–Trinajstić information content (AvgIpc) is 3.12. The van der Waals surface area contributed by atoms with Gasteiger partial charge in [0.15, 0.2) is 0 Å². The molecule has 1 amide bonds. The summed E-state index contributed by atoms with van der Waals surface area (Å²) in [4.78, 5) is 13.7. The first-order chi connectivity index (χ1) is 16.8. The normalized spacial score (nSPS) is 11.2. The Kier molecular flexibility index (Phi) is 7.79. The molecule has 4 nitrogen and oxygen atoms in total. The van der Waals surface area contributed by atoms with E-state index in [9.17, 15) is 4.79 Å². The largest absolute Gasteiger partial charge is 0.318 e. The third-order valence-electron chi connectivity index (χ3n) is 5.87. The molecule has 6 heteroatoms. The van der Waals surface area contributed by atoms with Crippen LogP contribution in [0.15, 0.2) is 82.8 Å². The molecule has 4 rings (SSSR count). The van der Waals surface area contributed by atoms with Gasteiger partial charge in [-0.25, -0.2) is 5.43 Å². The first kappa shape index (κ1) is 24.8. The molecule has 0 unspecified atom stereocenters. The van der Waals surface area contributed by atoms with Gasteiger partial charge in [-0.1, -0.05) is 41.4 Å². The molecular weight excluding hydrogens is 474 g/mol. The lowest BCUT2D eigenvalue weighted by Gasteiger charge is -2.13. The maximum atomic E-state index is 12.6. The standard InChI is InChI=1S/C29H28ClN3OS/c1-19-5-14-28(20(2)15-19)33-21(3)16-25(22(33)4)17-31-32-29(34)24-8-6-23(7-9-24)18-35-27-12-10-26(30)11-13-27/h5-17H,18H2,1-4H3,(H,32,34)/b31-17+. The van der Waals surface area contributed by atoms with Crippen molar-refractivity contribution in [2.24, 2.45) is 5.10 Å². The lowest BCUT2D eigenvalue weighted by Crippen LogP contribution is -2.17. The maximum Gasteiger partial charge on any atom is 0.271 e. The number of nitrogens with one attached hydrogen (secondary N) is 1. The Labute approximate surface area is 216 Å². The van der Waals surface area contributed by atoms with Gasteiger partial charge in [0, 0.05) is 43.9 Å². The van der Waals surface area contributed by atoms with Crippen LogP contribution < -0.4 is 5.43 Å². The molecule has 0 saturated heterocycles. The van der Waals surface area contributed by atoms with Gasteiger partial charge in [-0.2, -0.15) is 5.10 Å². The molecule has 0 radical (unpaired) electrons. The SMILES string of the molecule is Cc1ccc(-n2c(C)cc(/C=N/NC(=O)c3ccc(CSc4ccc(Cl)cc4)cc3)c2C)c(C)c1. The van der Waals surface area contributed by atoms with Gasteiger partial charge in [0.2, 0.25) is 0 Å². The van der Waals surface area contributed by atoms with E-state index < -0.39 is 0 Å². The third kappa shape index (κ3) is 6.05. The third-order valence-corrected chi connectivity index (χ3v) is 7.20. The van der Waals surface area contributed by atoms with Crippen molar-refractivity contribution in [1.29, 1.82) is 0 Å². The summed E-state index contributed by atoms with van der Waals surface area (Å²) in [6, 6.07) is 23.9. The number of benzene rings is 3. The van der Waals surface area contributed by atoms with Crippen LogP contribution in [0.2, 0.25) is 5.02 Å². The van der Waals surface area contributed by atoms with Gasteiger partial charge in [0.05, 0.1) is 6.21 Å². The fraction of sp³-hybridized carbons (Fsp3) is 0.172. The highest BCUT2D eigenvalue weighted by atomic mass is 35.5. The second-order valence-corrected chi connectivity index (χ2v) is 10.1. The van der Waals surface area contributed by atoms with Crippen LogP contribution in [0, 0.1) is 27.7 Å². The van der Waals surface area contributed by atoms with E-state index in [1.54, 1.807) is 18.0 Å². The zero-order valence-corrected chi connectivity index (χ0v) is 21.9. The molecule has 35 heavy (non-hydrogen) atoms. The van der Waals surface area contributed by atoms with Crippen LogP contribution in [0.25, 0.3) is 5.69 Å². The number of carbonyl (C=O) groups excluding carboxylic acids is 1. The van der Waals surface area contributed by atoms with E-state index in [1.165, 1.54) is 11.1 Å². The van der Waals surface area contributed by atoms with E-state index in [0.717, 1.165) is 43.9 Å². The van der Waals surface area contributed by atoms with E-state index in [2.05, 4.69) is 67.1 Å². The van der Waals surface area contributed by atoms with E-state index >= 15 is 0 Å². The maximum absolute atomic E-state index is 12.6. The monoisotopic (exact) mass is 501 g/mol. The predicted molar refractivity (Wildman–Crippen MR) is 147 cm³/mol. The van der Waals surface area contributed by atoms with Crippen molar-refractivity contribution in [1.82, 2.24) is 9.99 Å². The van der Waals surface area contributed by atoms with Gasteiger partial charge < -0.3 is 4.57 Å². The quantitative estimate of drug-likeness (QED) is 0.163. The van der Waals surface area contributed by atoms with Gasteiger partial charge in [-0.15, -0.1) is 11.8 Å². The second-order valence-electron chi connectivity index (χ2n) is 8.59. The van der Waals surface area contributed by atoms with E-state index in [1.807, 2.05) is 48.5 Å². The number of amides is 1. The summed E-state index contributed by atoms with van der Waals surface area (Å²) in [5.74, 6) is 0.582. The summed E-state index contributed by atoms with van der Waals surface area (Å²) < 4.78 is 2.22. The zero-order valence-electron chi connectivity index (χ0n) is 20.3. The van der Waals surface area contributed by atoms with Crippen LogP contribution >= 0.6 is 23.4 Å². The number of rotatable bonds is 7. The van der Waals surface area contributed by atoms with E-state index in [-0.39, 0.29) is 5.91 Å². The Morgan fingerprint density at radius 3 is 2.37 bits per heavy atom. The number of hydrazone groups is 1. The van der Waals surface area contributed by atoms with Crippen LogP contribution in [-0.2, 0) is 5.75 Å². The molecule has 0 spiro atoms. The summed E-state index contributed by atoms with van der Waals surface area (Å²) in [6.45, 7) is 8.36. The van der Waals surface area contributed by atoms with Crippen molar-refractivity contribution in [3.63, 3.8) is 0 Å². The zero-order chi connectivity index (χ0) is 24.9. The second kappa shape index (κ2) is 11.0. The van der Waals surface area contributed by atoms with E-state index in [0.29, 0.717) is 5.56 Å². The predicted octanol–water partition coefficient (Wildman–Crippen LogP) is 7.42. The summed E-state index contributed by atoms with van der Waals surface area (Å²) in [5.41, 5.74) is 11.2. The molecule has 0 atom stereocenters. The Morgan fingerprint density at radius 2 is 1.69 bits per heavy atom. The first-order valence-electron chi connectivity index (χ1n) is 11.4. The van der Waals surface area contributed by atoms with Crippen LogP contribution in [0.1, 0.15) is 44.0 Å². The number of aromatic nitrogens is 1. The van der Waals surface area contributed by atoms with Crippen LogP contribution in [0.5, 0.6) is 0 Å². The molecule has 1 aromatic heterocycles. The summed E-state index contributed by atoms with van der Waals surface area (Å²) in [6.07, 6.45) is 1.71. The molecule has 0 aliphatic heterocycles. The Balaban J connectivity index is 1.38. The first-order valence-corrected chi connectivity index (χ1v) is 12.8. The van der Waals surface area contributed by atoms with Crippen molar-refractivity contribution in [3.8, 4) is 5.69 Å². The van der Waals surface area contributed by atoms with E-state index in [4.69, 9.17) is 11.6 Å². The van der Waals surface area contributed by atoms with Gasteiger partial charge in [0.25, 0.3) is 5.91 Å². The number of hydrogen-bond donors (Lipinski definition) is 1. The number of thioether (sulfide) groups is 1. The highest BCUT2D eigenvalue weighted by Gasteiger charge is 2.12. The summed E-state index contributed by atoms with van der Waals surface area (Å²) in [7, 11) is 0. The van der Waals surface area contributed by atoms with Gasteiger partial charge in [0.1, 0.15) is 0 Å². The minimum atomic E-state index is -0.235. The highest BCUT2D eigenvalue weighted by Crippen LogP contribution is 2.25. The van der Waals surface area contributed by atoms with Crippen molar-refractivity contribution in [2.45, 2.75) is 38.3 Å². The smallest absolute Gasteiger partial charge is 0.271 e. The molecule has 1 N–H and O–H groups in total. The molecule has 0 saturated carbocycles. The highest BCUT2D eigenvalue weighted by molar-refractivity contribution is 7.98. The molecule has 0 fully saturated rings. The molecule has 178 valence electrons. The Morgan fingerprint density at radius 1 is 0.971 bits per heavy atom. The molecule has 0 aliphatic carbocycles. The topological polar surface area (TPSA) is 46.4 Å². The fourth-order valence-electron chi connectivity index (χ4n) is 4.02. The molecule has 4 aromatic rings. The Bertz CT molecular complexity index is 1370. The lowest BCUT2D eigenvalue weighted by atomic mass is 10.1. The number of nitrogens with zero attached hydrogens (tertiary/aromatic N) is 2. The molecular formula is C29H28ClN3OS. The molecule has 1 heterocycles.